The largest absolute Gasteiger partial charge is 0.481 e. The molecule has 1 aliphatic heterocycles. The number of hydrogen-bond donors (Lipinski definition) is 2. The van der Waals surface area contributed by atoms with E-state index in [0.29, 0.717) is 6.42 Å². The highest BCUT2D eigenvalue weighted by molar-refractivity contribution is 5.87. The molecule has 2 N–H and O–H groups in total. The molecule has 1 aromatic heterocycles. The molecule has 20 heavy (non-hydrogen) atoms. The van der Waals surface area contributed by atoms with Gasteiger partial charge in [-0.2, -0.15) is 0 Å². The summed E-state index contributed by atoms with van der Waals surface area (Å²) in [6.45, 7) is 4.93. The van der Waals surface area contributed by atoms with E-state index in [0.717, 1.165) is 26.1 Å². The first-order valence-electron chi connectivity index (χ1n) is 7.26. The quantitative estimate of drug-likeness (QED) is 0.898. The van der Waals surface area contributed by atoms with Crippen molar-refractivity contribution < 1.29 is 9.90 Å². The summed E-state index contributed by atoms with van der Waals surface area (Å²) in [6.07, 6.45) is 1.82. The van der Waals surface area contributed by atoms with Crippen molar-refractivity contribution in [3.8, 4) is 0 Å². The van der Waals surface area contributed by atoms with E-state index < -0.39 is 5.97 Å². The minimum Gasteiger partial charge on any atom is -0.481 e. The maximum Gasteiger partial charge on any atom is 0.303 e. The summed E-state index contributed by atoms with van der Waals surface area (Å²) in [5.74, 6) is -0.728. The maximum absolute atomic E-state index is 10.9. The number of carbonyl (C=O) groups is 1. The second-order valence-corrected chi connectivity index (χ2v) is 5.35. The van der Waals surface area contributed by atoms with E-state index in [9.17, 15) is 4.79 Å². The Bertz CT molecular complexity index is 658. The molecule has 0 amide bonds. The van der Waals surface area contributed by atoms with E-state index in [4.69, 9.17) is 5.11 Å². The average molecular weight is 272 g/mol. The molecule has 2 heterocycles. The van der Waals surface area contributed by atoms with Gasteiger partial charge in [-0.1, -0.05) is 13.0 Å². The van der Waals surface area contributed by atoms with Crippen molar-refractivity contribution in [2.75, 3.05) is 6.54 Å². The molecule has 4 heteroatoms. The Morgan fingerprint density at radius 3 is 3.05 bits per heavy atom. The van der Waals surface area contributed by atoms with Gasteiger partial charge in [0.2, 0.25) is 0 Å². The molecular formula is C16H20N2O2. The highest BCUT2D eigenvalue weighted by Gasteiger charge is 2.19. The number of hydrogen-bond acceptors (Lipinski definition) is 2. The lowest BCUT2D eigenvalue weighted by Gasteiger charge is -2.18. The Labute approximate surface area is 118 Å². The molecule has 106 valence electrons. The van der Waals surface area contributed by atoms with Crippen molar-refractivity contribution in [1.82, 2.24) is 9.88 Å². The fourth-order valence-corrected chi connectivity index (χ4v) is 3.11. The molecule has 2 aromatic rings. The van der Waals surface area contributed by atoms with Crippen molar-refractivity contribution >= 4 is 16.9 Å². The van der Waals surface area contributed by atoms with E-state index in [2.05, 4.69) is 35.0 Å². The second kappa shape index (κ2) is 5.29. The second-order valence-electron chi connectivity index (χ2n) is 5.35. The van der Waals surface area contributed by atoms with Crippen LogP contribution in [-0.2, 0) is 30.7 Å². The van der Waals surface area contributed by atoms with Crippen molar-refractivity contribution in [2.24, 2.45) is 0 Å². The zero-order valence-electron chi connectivity index (χ0n) is 11.8. The SMILES string of the molecule is CCc1ccc2c(c1)c(CCC(=O)O)c1n2CCNC1. The summed E-state index contributed by atoms with van der Waals surface area (Å²) >= 11 is 0. The number of carboxylic acids is 1. The van der Waals surface area contributed by atoms with Gasteiger partial charge in [0.1, 0.15) is 0 Å². The van der Waals surface area contributed by atoms with Crippen LogP contribution in [-0.4, -0.2) is 22.2 Å². The summed E-state index contributed by atoms with van der Waals surface area (Å²) in [5, 5.41) is 13.6. The number of aromatic nitrogens is 1. The van der Waals surface area contributed by atoms with E-state index in [1.165, 1.54) is 27.7 Å². The minimum absolute atomic E-state index is 0.197. The lowest BCUT2D eigenvalue weighted by atomic mass is 10.0. The predicted octanol–water partition coefficient (Wildman–Crippen LogP) is 2.32. The van der Waals surface area contributed by atoms with Crippen LogP contribution in [0.3, 0.4) is 0 Å². The standard InChI is InChI=1S/C16H20N2O2/c1-2-11-3-5-14-13(9-11)12(4-6-16(19)20)15-10-17-7-8-18(14)15/h3,5,9,17H,2,4,6-8,10H2,1H3,(H,19,20). The van der Waals surface area contributed by atoms with Gasteiger partial charge in [0.05, 0.1) is 0 Å². The van der Waals surface area contributed by atoms with E-state index in [1.807, 2.05) is 0 Å². The molecule has 0 radical (unpaired) electrons. The van der Waals surface area contributed by atoms with Crippen LogP contribution in [0.25, 0.3) is 10.9 Å². The van der Waals surface area contributed by atoms with Gasteiger partial charge in [0.25, 0.3) is 0 Å². The Balaban J connectivity index is 2.15. The number of rotatable bonds is 4. The van der Waals surface area contributed by atoms with Crippen molar-refractivity contribution in [1.29, 1.82) is 0 Å². The fraction of sp³-hybridized carbons (Fsp3) is 0.438. The number of nitrogens with zero attached hydrogens (tertiary/aromatic N) is 1. The smallest absolute Gasteiger partial charge is 0.303 e. The number of aliphatic carboxylic acids is 1. The van der Waals surface area contributed by atoms with Crippen LogP contribution in [0.5, 0.6) is 0 Å². The molecule has 0 atom stereocenters. The van der Waals surface area contributed by atoms with E-state index in [-0.39, 0.29) is 6.42 Å². The monoisotopic (exact) mass is 272 g/mol. The molecule has 1 aromatic carbocycles. The molecule has 0 fully saturated rings. The topological polar surface area (TPSA) is 54.3 Å². The third-order valence-electron chi connectivity index (χ3n) is 4.15. The molecule has 0 saturated heterocycles. The lowest BCUT2D eigenvalue weighted by Crippen LogP contribution is -2.28. The molecule has 0 unspecified atom stereocenters. The molecule has 0 aliphatic carbocycles. The van der Waals surface area contributed by atoms with Crippen LogP contribution in [0.4, 0.5) is 0 Å². The first-order valence-corrected chi connectivity index (χ1v) is 7.26. The van der Waals surface area contributed by atoms with Crippen molar-refractivity contribution in [3.63, 3.8) is 0 Å². The zero-order chi connectivity index (χ0) is 14.1. The van der Waals surface area contributed by atoms with Crippen molar-refractivity contribution in [2.45, 2.75) is 39.3 Å². The Morgan fingerprint density at radius 1 is 1.45 bits per heavy atom. The first kappa shape index (κ1) is 13.2. The maximum atomic E-state index is 10.9. The predicted molar refractivity (Wildman–Crippen MR) is 79.0 cm³/mol. The molecule has 0 bridgehead atoms. The Hall–Kier alpha value is -1.81. The van der Waals surface area contributed by atoms with Crippen LogP contribution in [0.1, 0.15) is 30.2 Å². The van der Waals surface area contributed by atoms with Gasteiger partial charge in [0.15, 0.2) is 0 Å². The van der Waals surface area contributed by atoms with Gasteiger partial charge in [-0.25, -0.2) is 0 Å². The number of benzene rings is 1. The first-order chi connectivity index (χ1) is 9.70. The van der Waals surface area contributed by atoms with Crippen LogP contribution in [0, 0.1) is 0 Å². The molecule has 0 spiro atoms. The number of aryl methyl sites for hydroxylation is 2. The van der Waals surface area contributed by atoms with Crippen LogP contribution < -0.4 is 5.32 Å². The third kappa shape index (κ3) is 2.20. The summed E-state index contributed by atoms with van der Waals surface area (Å²) in [6, 6.07) is 6.60. The van der Waals surface area contributed by atoms with Crippen molar-refractivity contribution in [3.05, 3.63) is 35.0 Å². The number of nitrogens with one attached hydrogen (secondary N) is 1. The van der Waals surface area contributed by atoms with Gasteiger partial charge in [0, 0.05) is 42.7 Å². The molecule has 3 rings (SSSR count). The highest BCUT2D eigenvalue weighted by Crippen LogP contribution is 2.30. The van der Waals surface area contributed by atoms with Crippen LogP contribution in [0.15, 0.2) is 18.2 Å². The van der Waals surface area contributed by atoms with Crippen LogP contribution in [0.2, 0.25) is 0 Å². The molecule has 1 aliphatic rings. The summed E-state index contributed by atoms with van der Waals surface area (Å²) < 4.78 is 2.35. The Kier molecular flexibility index (Phi) is 3.49. The molecule has 4 nitrogen and oxygen atoms in total. The van der Waals surface area contributed by atoms with E-state index in [1.54, 1.807) is 0 Å². The molecule has 0 saturated carbocycles. The van der Waals surface area contributed by atoms with Gasteiger partial charge >= 0.3 is 5.97 Å². The summed E-state index contributed by atoms with van der Waals surface area (Å²) in [7, 11) is 0. The molecular weight excluding hydrogens is 252 g/mol. The van der Waals surface area contributed by atoms with Gasteiger partial charge in [-0.05, 0) is 36.1 Å². The van der Waals surface area contributed by atoms with Gasteiger partial charge in [-0.15, -0.1) is 0 Å². The van der Waals surface area contributed by atoms with Crippen LogP contribution >= 0.6 is 0 Å². The average Bonchev–Trinajstić information content (AvgIpc) is 2.78. The normalized spacial score (nSPS) is 14.4. The van der Waals surface area contributed by atoms with Gasteiger partial charge < -0.3 is 15.0 Å². The fourth-order valence-electron chi connectivity index (χ4n) is 3.11. The minimum atomic E-state index is -0.728. The summed E-state index contributed by atoms with van der Waals surface area (Å²) in [4.78, 5) is 10.9. The zero-order valence-corrected chi connectivity index (χ0v) is 11.8. The highest BCUT2D eigenvalue weighted by atomic mass is 16.4. The third-order valence-corrected chi connectivity index (χ3v) is 4.15. The number of fused-ring (bicyclic) bond motifs is 3. The van der Waals surface area contributed by atoms with E-state index >= 15 is 0 Å². The number of carboxylic acid groups (broad SMARTS) is 1. The summed E-state index contributed by atoms with van der Waals surface area (Å²) in [5.41, 5.74) is 5.04. The van der Waals surface area contributed by atoms with Gasteiger partial charge in [-0.3, -0.25) is 4.79 Å². The Morgan fingerprint density at radius 2 is 2.30 bits per heavy atom. The lowest BCUT2D eigenvalue weighted by molar-refractivity contribution is -0.136.